The fraction of sp³-hybridized carbons (Fsp3) is 0.455. The van der Waals surface area contributed by atoms with Gasteiger partial charge in [-0.3, -0.25) is 9.71 Å². The summed E-state index contributed by atoms with van der Waals surface area (Å²) in [5.41, 5.74) is -0.297. The number of nitrogens with zero attached hydrogens (tertiary/aromatic N) is 1. The minimum atomic E-state index is -3.52. The van der Waals surface area contributed by atoms with Gasteiger partial charge in [0.25, 0.3) is 0 Å². The first-order valence-electron chi connectivity index (χ1n) is 5.28. The molecule has 0 aliphatic carbocycles. The van der Waals surface area contributed by atoms with Gasteiger partial charge in [0.15, 0.2) is 0 Å². The molecule has 0 atom stereocenters. The number of aromatic nitrogens is 1. The van der Waals surface area contributed by atoms with Crippen LogP contribution in [0.5, 0.6) is 0 Å². The van der Waals surface area contributed by atoms with E-state index in [2.05, 4.69) is 9.71 Å². The molecule has 1 heterocycles. The van der Waals surface area contributed by atoms with Crippen molar-refractivity contribution >= 4 is 21.7 Å². The Kier molecular flexibility index (Phi) is 3.95. The van der Waals surface area contributed by atoms with Gasteiger partial charge in [0.1, 0.15) is 0 Å². The van der Waals surface area contributed by atoms with Crippen LogP contribution in [0.2, 0.25) is 0 Å². The summed E-state index contributed by atoms with van der Waals surface area (Å²) in [5.74, 6) is -1.21. The molecule has 1 aromatic heterocycles. The van der Waals surface area contributed by atoms with E-state index >= 15 is 0 Å². The van der Waals surface area contributed by atoms with E-state index in [1.54, 1.807) is 20.8 Å². The molecule has 0 fully saturated rings. The maximum Gasteiger partial charge on any atom is 0.337 e. The Morgan fingerprint density at radius 2 is 2.00 bits per heavy atom. The van der Waals surface area contributed by atoms with E-state index in [1.807, 2.05) is 0 Å². The molecule has 0 saturated heterocycles. The summed E-state index contributed by atoms with van der Waals surface area (Å²) >= 11 is 0. The summed E-state index contributed by atoms with van der Waals surface area (Å²) in [6.07, 6.45) is 2.43. The lowest BCUT2D eigenvalue weighted by Crippen LogP contribution is -2.26. The van der Waals surface area contributed by atoms with Crippen LogP contribution < -0.4 is 4.72 Å². The normalized spacial score (nSPS) is 12.2. The molecule has 0 unspecified atom stereocenters. The molecular formula is C11H16N2O4S. The van der Waals surface area contributed by atoms with Gasteiger partial charge in [0.05, 0.1) is 23.2 Å². The Labute approximate surface area is 106 Å². The first-order valence-corrected chi connectivity index (χ1v) is 6.93. The molecule has 0 radical (unpaired) electrons. The van der Waals surface area contributed by atoms with E-state index in [-0.39, 0.29) is 22.4 Å². The largest absolute Gasteiger partial charge is 0.478 e. The molecule has 1 aromatic rings. The van der Waals surface area contributed by atoms with Crippen molar-refractivity contribution in [1.82, 2.24) is 4.98 Å². The number of carboxylic acids is 1. The van der Waals surface area contributed by atoms with Gasteiger partial charge in [-0.25, -0.2) is 13.2 Å². The van der Waals surface area contributed by atoms with Crippen molar-refractivity contribution in [1.29, 1.82) is 0 Å². The fourth-order valence-electron chi connectivity index (χ4n) is 1.40. The van der Waals surface area contributed by atoms with Gasteiger partial charge in [-0.15, -0.1) is 0 Å². The van der Waals surface area contributed by atoms with Crippen LogP contribution in [0.15, 0.2) is 18.5 Å². The summed E-state index contributed by atoms with van der Waals surface area (Å²) in [6.45, 7) is 5.41. The van der Waals surface area contributed by atoms with Gasteiger partial charge in [-0.2, -0.15) is 0 Å². The van der Waals surface area contributed by atoms with Crippen LogP contribution in [0.4, 0.5) is 5.69 Å². The molecule has 1 rings (SSSR count). The summed E-state index contributed by atoms with van der Waals surface area (Å²) in [4.78, 5) is 14.4. The Balaban J connectivity index is 2.91. The van der Waals surface area contributed by atoms with Crippen LogP contribution in [-0.4, -0.2) is 30.2 Å². The highest BCUT2D eigenvalue weighted by Gasteiger charge is 2.21. The third-order valence-electron chi connectivity index (χ3n) is 1.88. The SMILES string of the molecule is CC(C)(C)CS(=O)(=O)Nc1cncc(C(=O)O)c1. The second-order valence-electron chi connectivity index (χ2n) is 5.19. The average molecular weight is 272 g/mol. The number of sulfonamides is 1. The number of aromatic carboxylic acids is 1. The first-order chi connectivity index (χ1) is 8.09. The van der Waals surface area contributed by atoms with E-state index in [0.717, 1.165) is 6.20 Å². The topological polar surface area (TPSA) is 96.4 Å². The number of rotatable bonds is 4. The Morgan fingerprint density at radius 1 is 1.39 bits per heavy atom. The van der Waals surface area contributed by atoms with Crippen LogP contribution in [0.1, 0.15) is 31.1 Å². The standard InChI is InChI=1S/C11H16N2O4S/c1-11(2,3)7-18(16,17)13-9-4-8(10(14)15)5-12-6-9/h4-6,13H,7H2,1-3H3,(H,14,15). The molecule has 0 aliphatic heterocycles. The van der Waals surface area contributed by atoms with Crippen LogP contribution in [-0.2, 0) is 10.0 Å². The van der Waals surface area contributed by atoms with Gasteiger partial charge in [0, 0.05) is 6.20 Å². The number of hydrogen-bond donors (Lipinski definition) is 2. The van der Waals surface area contributed by atoms with Crippen LogP contribution in [0, 0.1) is 5.41 Å². The molecule has 18 heavy (non-hydrogen) atoms. The molecule has 6 nitrogen and oxygen atoms in total. The molecule has 0 spiro atoms. The van der Waals surface area contributed by atoms with Gasteiger partial charge in [-0.05, 0) is 11.5 Å². The predicted octanol–water partition coefficient (Wildman–Crippen LogP) is 1.57. The van der Waals surface area contributed by atoms with Crippen molar-refractivity contribution in [2.45, 2.75) is 20.8 Å². The molecule has 0 amide bonds. The second kappa shape index (κ2) is 4.93. The molecule has 7 heteroatoms. The highest BCUT2D eigenvalue weighted by atomic mass is 32.2. The van der Waals surface area contributed by atoms with Gasteiger partial charge >= 0.3 is 5.97 Å². The highest BCUT2D eigenvalue weighted by molar-refractivity contribution is 7.92. The minimum absolute atomic E-state index is 0.0582. The molecule has 2 N–H and O–H groups in total. The van der Waals surface area contributed by atoms with E-state index in [9.17, 15) is 13.2 Å². The number of nitrogens with one attached hydrogen (secondary N) is 1. The molecule has 100 valence electrons. The Morgan fingerprint density at radius 3 is 2.50 bits per heavy atom. The van der Waals surface area contributed by atoms with Crippen molar-refractivity contribution in [2.75, 3.05) is 10.5 Å². The van der Waals surface area contributed by atoms with Crippen LogP contribution in [0.3, 0.4) is 0 Å². The van der Waals surface area contributed by atoms with Gasteiger partial charge < -0.3 is 5.11 Å². The van der Waals surface area contributed by atoms with E-state index in [4.69, 9.17) is 5.11 Å². The predicted molar refractivity (Wildman–Crippen MR) is 68.1 cm³/mol. The number of carboxylic acid groups (broad SMARTS) is 1. The zero-order valence-electron chi connectivity index (χ0n) is 10.5. The quantitative estimate of drug-likeness (QED) is 0.867. The van der Waals surface area contributed by atoms with Crippen LogP contribution >= 0.6 is 0 Å². The third-order valence-corrected chi connectivity index (χ3v) is 3.67. The average Bonchev–Trinajstić information content (AvgIpc) is 2.12. The summed E-state index contributed by atoms with van der Waals surface area (Å²) in [6, 6.07) is 1.23. The zero-order valence-corrected chi connectivity index (χ0v) is 11.3. The summed E-state index contributed by atoms with van der Waals surface area (Å²) in [5, 5.41) is 8.78. The monoisotopic (exact) mass is 272 g/mol. The minimum Gasteiger partial charge on any atom is -0.478 e. The van der Waals surface area contributed by atoms with Crippen molar-refractivity contribution in [3.8, 4) is 0 Å². The first kappa shape index (κ1) is 14.4. The van der Waals surface area contributed by atoms with Gasteiger partial charge in [0.2, 0.25) is 10.0 Å². The van der Waals surface area contributed by atoms with E-state index in [1.165, 1.54) is 12.3 Å². The number of hydrogen-bond acceptors (Lipinski definition) is 4. The van der Waals surface area contributed by atoms with E-state index in [0.29, 0.717) is 0 Å². The maximum atomic E-state index is 11.8. The lowest BCUT2D eigenvalue weighted by Gasteiger charge is -2.18. The zero-order chi connectivity index (χ0) is 14.0. The third kappa shape index (κ3) is 4.70. The van der Waals surface area contributed by atoms with Crippen LogP contribution in [0.25, 0.3) is 0 Å². The molecule has 0 saturated carbocycles. The van der Waals surface area contributed by atoms with Crippen molar-refractivity contribution in [3.05, 3.63) is 24.0 Å². The lowest BCUT2D eigenvalue weighted by molar-refractivity contribution is 0.0696. The lowest BCUT2D eigenvalue weighted by atomic mass is 10.0. The number of carbonyl (C=O) groups is 1. The second-order valence-corrected chi connectivity index (χ2v) is 6.91. The maximum absolute atomic E-state index is 11.8. The fourth-order valence-corrected chi connectivity index (χ4v) is 3.08. The Bertz CT molecular complexity index is 546. The molecular weight excluding hydrogens is 256 g/mol. The smallest absolute Gasteiger partial charge is 0.337 e. The summed E-state index contributed by atoms with van der Waals surface area (Å²) in [7, 11) is -3.52. The van der Waals surface area contributed by atoms with Crippen molar-refractivity contribution in [3.63, 3.8) is 0 Å². The summed E-state index contributed by atoms with van der Waals surface area (Å²) < 4.78 is 25.9. The number of anilines is 1. The highest BCUT2D eigenvalue weighted by Crippen LogP contribution is 2.18. The van der Waals surface area contributed by atoms with Crippen molar-refractivity contribution in [2.24, 2.45) is 5.41 Å². The molecule has 0 aliphatic rings. The van der Waals surface area contributed by atoms with Gasteiger partial charge in [-0.1, -0.05) is 20.8 Å². The Hall–Kier alpha value is -1.63. The van der Waals surface area contributed by atoms with Crippen molar-refractivity contribution < 1.29 is 18.3 Å². The van der Waals surface area contributed by atoms with E-state index < -0.39 is 16.0 Å². The molecule has 0 aromatic carbocycles. The number of pyridine rings is 1. The molecule has 0 bridgehead atoms.